The van der Waals surface area contributed by atoms with Gasteiger partial charge in [0.1, 0.15) is 12.4 Å². The minimum absolute atomic E-state index is 0.120. The van der Waals surface area contributed by atoms with Crippen molar-refractivity contribution >= 4 is 12.3 Å². The molecule has 3 aliphatic rings. The molecular formula is C21H28O3. The van der Waals surface area contributed by atoms with E-state index in [4.69, 9.17) is 4.74 Å². The molecule has 0 saturated heterocycles. The lowest BCUT2D eigenvalue weighted by molar-refractivity contribution is -0.145. The molecule has 2 unspecified atom stereocenters. The fourth-order valence-electron chi connectivity index (χ4n) is 4.86. The molecule has 3 aliphatic carbocycles. The van der Waals surface area contributed by atoms with Crippen molar-refractivity contribution in [2.75, 3.05) is 0 Å². The van der Waals surface area contributed by atoms with Gasteiger partial charge in [0.2, 0.25) is 0 Å². The van der Waals surface area contributed by atoms with Crippen LogP contribution in [-0.4, -0.2) is 18.4 Å². The first-order valence-electron chi connectivity index (χ1n) is 9.10. The Labute approximate surface area is 144 Å². The van der Waals surface area contributed by atoms with Gasteiger partial charge in [0, 0.05) is 6.92 Å². The molecule has 0 spiro atoms. The van der Waals surface area contributed by atoms with E-state index in [9.17, 15) is 9.59 Å². The Morgan fingerprint density at radius 2 is 2.12 bits per heavy atom. The Hall–Kier alpha value is -1.64. The summed E-state index contributed by atoms with van der Waals surface area (Å²) in [6, 6.07) is 0. The molecule has 130 valence electrons. The predicted octanol–water partition coefficient (Wildman–Crippen LogP) is 4.54. The van der Waals surface area contributed by atoms with E-state index in [1.165, 1.54) is 12.5 Å². The van der Waals surface area contributed by atoms with Crippen LogP contribution >= 0.6 is 0 Å². The van der Waals surface area contributed by atoms with E-state index < -0.39 is 0 Å². The maximum atomic E-state index is 11.7. The molecule has 1 saturated carbocycles. The van der Waals surface area contributed by atoms with Crippen LogP contribution in [0.1, 0.15) is 59.8 Å². The Balaban J connectivity index is 2.07. The standard InChI is InChI=1S/C21H28O3/c1-13(2)16-8-9-21(4)11-18-15(12-22)6-5-7-17(18)20(10-19(16)21)24-14(3)23/h7-8,12-13,19-20H,5-6,9-11H2,1-4H3/t19?,20?,21-/m0/s1. The molecule has 0 aromatic carbocycles. The summed E-state index contributed by atoms with van der Waals surface area (Å²) in [7, 11) is 0. The third-order valence-electron chi connectivity index (χ3n) is 6.06. The lowest BCUT2D eigenvalue weighted by atomic mass is 9.70. The zero-order chi connectivity index (χ0) is 17.5. The topological polar surface area (TPSA) is 43.4 Å². The van der Waals surface area contributed by atoms with Crippen LogP contribution in [0.3, 0.4) is 0 Å². The quantitative estimate of drug-likeness (QED) is 0.434. The number of rotatable bonds is 3. The van der Waals surface area contributed by atoms with Crippen molar-refractivity contribution in [2.45, 2.75) is 65.9 Å². The number of hydrogen-bond acceptors (Lipinski definition) is 3. The van der Waals surface area contributed by atoms with E-state index in [2.05, 4.69) is 32.9 Å². The molecule has 0 N–H and O–H groups in total. The van der Waals surface area contributed by atoms with Crippen LogP contribution in [0.4, 0.5) is 0 Å². The van der Waals surface area contributed by atoms with E-state index >= 15 is 0 Å². The van der Waals surface area contributed by atoms with Crippen molar-refractivity contribution < 1.29 is 14.3 Å². The molecule has 24 heavy (non-hydrogen) atoms. The number of carbonyl (C=O) groups is 2. The molecule has 3 atom stereocenters. The molecule has 0 bridgehead atoms. The third-order valence-corrected chi connectivity index (χ3v) is 6.06. The molecular weight excluding hydrogens is 300 g/mol. The number of esters is 1. The van der Waals surface area contributed by atoms with Crippen LogP contribution in [0.2, 0.25) is 0 Å². The van der Waals surface area contributed by atoms with Gasteiger partial charge >= 0.3 is 5.97 Å². The van der Waals surface area contributed by atoms with E-state index in [1.807, 2.05) is 0 Å². The fraction of sp³-hybridized carbons (Fsp3) is 0.619. The van der Waals surface area contributed by atoms with Gasteiger partial charge < -0.3 is 4.74 Å². The number of carbonyl (C=O) groups excluding carboxylic acids is 2. The van der Waals surface area contributed by atoms with Gasteiger partial charge in [-0.1, -0.05) is 38.5 Å². The minimum atomic E-state index is -0.241. The van der Waals surface area contributed by atoms with Crippen molar-refractivity contribution in [2.24, 2.45) is 17.3 Å². The predicted molar refractivity (Wildman–Crippen MR) is 94.3 cm³/mol. The van der Waals surface area contributed by atoms with E-state index in [1.54, 1.807) is 0 Å². The van der Waals surface area contributed by atoms with Gasteiger partial charge in [-0.25, -0.2) is 0 Å². The van der Waals surface area contributed by atoms with Gasteiger partial charge in [-0.15, -0.1) is 0 Å². The largest absolute Gasteiger partial charge is 0.458 e. The molecule has 3 nitrogen and oxygen atoms in total. The Morgan fingerprint density at radius 3 is 2.75 bits per heavy atom. The summed E-state index contributed by atoms with van der Waals surface area (Å²) in [6.45, 7) is 8.30. The van der Waals surface area contributed by atoms with E-state index in [0.717, 1.165) is 55.1 Å². The van der Waals surface area contributed by atoms with Crippen molar-refractivity contribution in [1.29, 1.82) is 0 Å². The highest BCUT2D eigenvalue weighted by Gasteiger charge is 2.47. The van der Waals surface area contributed by atoms with Gasteiger partial charge in [0.25, 0.3) is 0 Å². The lowest BCUT2D eigenvalue weighted by Gasteiger charge is -2.34. The Bertz CT molecular complexity index is 650. The highest BCUT2D eigenvalue weighted by molar-refractivity contribution is 5.78. The summed E-state index contributed by atoms with van der Waals surface area (Å²) < 4.78 is 5.73. The molecule has 0 radical (unpaired) electrons. The average Bonchev–Trinajstić information content (AvgIpc) is 2.77. The second-order valence-electron chi connectivity index (χ2n) is 8.10. The first-order valence-corrected chi connectivity index (χ1v) is 9.10. The van der Waals surface area contributed by atoms with E-state index in [0.29, 0.717) is 11.8 Å². The molecule has 0 heterocycles. The fourth-order valence-corrected chi connectivity index (χ4v) is 4.86. The summed E-state index contributed by atoms with van der Waals surface area (Å²) in [4.78, 5) is 23.3. The van der Waals surface area contributed by atoms with Crippen molar-refractivity contribution in [1.82, 2.24) is 0 Å². The van der Waals surface area contributed by atoms with Crippen LogP contribution < -0.4 is 0 Å². The molecule has 0 aromatic heterocycles. The van der Waals surface area contributed by atoms with Gasteiger partial charge in [0.15, 0.2) is 0 Å². The minimum Gasteiger partial charge on any atom is -0.458 e. The Kier molecular flexibility index (Phi) is 4.54. The molecule has 0 amide bonds. The van der Waals surface area contributed by atoms with Crippen molar-refractivity contribution in [3.05, 3.63) is 34.4 Å². The summed E-state index contributed by atoms with van der Waals surface area (Å²) in [5.41, 5.74) is 4.75. The Morgan fingerprint density at radius 1 is 1.38 bits per heavy atom. The van der Waals surface area contributed by atoms with E-state index in [-0.39, 0.29) is 17.5 Å². The first-order chi connectivity index (χ1) is 11.4. The van der Waals surface area contributed by atoms with Crippen LogP contribution in [0.5, 0.6) is 0 Å². The molecule has 3 heteroatoms. The normalized spacial score (nSPS) is 32.5. The zero-order valence-electron chi connectivity index (χ0n) is 15.2. The second kappa shape index (κ2) is 6.34. The number of fused-ring (bicyclic) bond motifs is 2. The number of hydrogen-bond donors (Lipinski definition) is 0. The summed E-state index contributed by atoms with van der Waals surface area (Å²) >= 11 is 0. The zero-order valence-corrected chi connectivity index (χ0v) is 15.2. The summed E-state index contributed by atoms with van der Waals surface area (Å²) in [5.74, 6) is 0.673. The summed E-state index contributed by atoms with van der Waals surface area (Å²) in [5, 5.41) is 0. The van der Waals surface area contributed by atoms with Crippen LogP contribution in [0.15, 0.2) is 34.4 Å². The molecule has 0 aliphatic heterocycles. The first kappa shape index (κ1) is 17.2. The van der Waals surface area contributed by atoms with Gasteiger partial charge in [-0.2, -0.15) is 0 Å². The number of aldehydes is 1. The van der Waals surface area contributed by atoms with Crippen molar-refractivity contribution in [3.8, 4) is 0 Å². The molecule has 1 fully saturated rings. The molecule has 3 rings (SSSR count). The molecule has 0 aromatic rings. The SMILES string of the molecule is CC(=O)OC1CC2C(C(C)C)=CC[C@@]2(C)CC2=C(C=O)CCC=C21. The number of allylic oxidation sites excluding steroid dienone is 4. The maximum Gasteiger partial charge on any atom is 0.303 e. The third kappa shape index (κ3) is 2.89. The monoisotopic (exact) mass is 328 g/mol. The van der Waals surface area contributed by atoms with Crippen molar-refractivity contribution in [3.63, 3.8) is 0 Å². The highest BCUT2D eigenvalue weighted by atomic mass is 16.5. The summed E-state index contributed by atoms with van der Waals surface area (Å²) in [6.07, 6.45) is 9.82. The van der Waals surface area contributed by atoms with Crippen LogP contribution in [0, 0.1) is 17.3 Å². The van der Waals surface area contributed by atoms with Gasteiger partial charge in [0.05, 0.1) is 0 Å². The van der Waals surface area contributed by atoms with Gasteiger partial charge in [-0.05, 0) is 66.1 Å². The van der Waals surface area contributed by atoms with Crippen LogP contribution in [0.25, 0.3) is 0 Å². The number of ether oxygens (including phenoxy) is 1. The average molecular weight is 328 g/mol. The second-order valence-corrected chi connectivity index (χ2v) is 8.10. The smallest absolute Gasteiger partial charge is 0.303 e. The highest BCUT2D eigenvalue weighted by Crippen LogP contribution is 2.56. The van der Waals surface area contributed by atoms with Gasteiger partial charge in [-0.3, -0.25) is 9.59 Å². The maximum absolute atomic E-state index is 11.7. The van der Waals surface area contributed by atoms with Crippen LogP contribution in [-0.2, 0) is 14.3 Å². The lowest BCUT2D eigenvalue weighted by Crippen LogP contribution is -2.28.